The van der Waals surface area contributed by atoms with Crippen LogP contribution in [-0.4, -0.2) is 36.9 Å². The molecule has 22 heavy (non-hydrogen) atoms. The number of hydrogen-bond donors (Lipinski definition) is 1. The highest BCUT2D eigenvalue weighted by atomic mass is 19.1. The summed E-state index contributed by atoms with van der Waals surface area (Å²) < 4.78 is 27.1. The summed E-state index contributed by atoms with van der Waals surface area (Å²) in [6.07, 6.45) is 1.74. The summed E-state index contributed by atoms with van der Waals surface area (Å²) in [5.41, 5.74) is 0.856. The molecule has 2 unspecified atom stereocenters. The van der Waals surface area contributed by atoms with Gasteiger partial charge in [0.25, 0.3) is 5.91 Å². The SMILES string of the molecule is CN1C(C#CC(F)CNC(=O)c2ccccc2)=CC=CC1F. The number of halogens is 2. The fourth-order valence-corrected chi connectivity index (χ4v) is 1.82. The lowest BCUT2D eigenvalue weighted by molar-refractivity contribution is 0.0946. The first-order valence-corrected chi connectivity index (χ1v) is 6.82. The Labute approximate surface area is 128 Å². The Morgan fingerprint density at radius 3 is 2.86 bits per heavy atom. The molecule has 0 radical (unpaired) electrons. The van der Waals surface area contributed by atoms with Crippen LogP contribution in [0.25, 0.3) is 0 Å². The molecule has 1 N–H and O–H groups in total. The van der Waals surface area contributed by atoms with Crippen molar-refractivity contribution in [1.82, 2.24) is 10.2 Å². The minimum absolute atomic E-state index is 0.216. The molecule has 0 fully saturated rings. The van der Waals surface area contributed by atoms with Crippen LogP contribution < -0.4 is 5.32 Å². The van der Waals surface area contributed by atoms with E-state index in [1.807, 2.05) is 0 Å². The number of hydrogen-bond acceptors (Lipinski definition) is 2. The van der Waals surface area contributed by atoms with Gasteiger partial charge in [0.1, 0.15) is 0 Å². The van der Waals surface area contributed by atoms with Crippen LogP contribution in [0, 0.1) is 11.8 Å². The number of rotatable bonds is 3. The van der Waals surface area contributed by atoms with Crippen molar-refractivity contribution in [2.24, 2.45) is 0 Å². The van der Waals surface area contributed by atoms with Crippen molar-refractivity contribution >= 4 is 5.91 Å². The molecule has 3 nitrogen and oxygen atoms in total. The van der Waals surface area contributed by atoms with Crippen LogP contribution in [0.3, 0.4) is 0 Å². The number of likely N-dealkylation sites (N-methyl/N-ethyl adjacent to an activating group) is 1. The number of nitrogens with zero attached hydrogens (tertiary/aromatic N) is 1. The van der Waals surface area contributed by atoms with Gasteiger partial charge in [-0.1, -0.05) is 30.2 Å². The summed E-state index contributed by atoms with van der Waals surface area (Å²) in [6.45, 7) is -0.216. The van der Waals surface area contributed by atoms with Crippen molar-refractivity contribution in [2.45, 2.75) is 12.5 Å². The predicted molar refractivity (Wildman–Crippen MR) is 81.3 cm³/mol. The van der Waals surface area contributed by atoms with E-state index < -0.39 is 12.5 Å². The molecule has 0 aromatic heterocycles. The Morgan fingerprint density at radius 1 is 1.41 bits per heavy atom. The van der Waals surface area contributed by atoms with Crippen LogP contribution in [0.15, 0.2) is 54.3 Å². The molecule has 0 spiro atoms. The van der Waals surface area contributed by atoms with E-state index in [9.17, 15) is 13.6 Å². The van der Waals surface area contributed by atoms with Gasteiger partial charge in [-0.05, 0) is 30.2 Å². The van der Waals surface area contributed by atoms with Gasteiger partial charge in [0.2, 0.25) is 0 Å². The number of carbonyl (C=O) groups is 1. The van der Waals surface area contributed by atoms with Crippen molar-refractivity contribution in [3.8, 4) is 11.8 Å². The maximum atomic E-state index is 13.7. The summed E-state index contributed by atoms with van der Waals surface area (Å²) in [7, 11) is 1.54. The Kier molecular flexibility index (Phi) is 5.31. The summed E-state index contributed by atoms with van der Waals surface area (Å²) in [4.78, 5) is 13.1. The smallest absolute Gasteiger partial charge is 0.251 e. The lowest BCUT2D eigenvalue weighted by Crippen LogP contribution is -2.30. The zero-order valence-corrected chi connectivity index (χ0v) is 12.1. The number of allylic oxidation sites excluding steroid dienone is 3. The van der Waals surface area contributed by atoms with E-state index in [1.54, 1.807) is 49.5 Å². The lowest BCUT2D eigenvalue weighted by Gasteiger charge is -2.23. The van der Waals surface area contributed by atoms with Crippen LogP contribution in [0.1, 0.15) is 10.4 Å². The molecule has 0 saturated carbocycles. The zero-order valence-electron chi connectivity index (χ0n) is 12.1. The van der Waals surface area contributed by atoms with Crippen LogP contribution >= 0.6 is 0 Å². The molecule has 1 amide bonds. The first-order chi connectivity index (χ1) is 10.6. The van der Waals surface area contributed by atoms with E-state index in [4.69, 9.17) is 0 Å². The first kappa shape index (κ1) is 15.8. The third-order valence-electron chi connectivity index (χ3n) is 3.11. The normalized spacial score (nSPS) is 18.0. The highest BCUT2D eigenvalue weighted by Crippen LogP contribution is 2.13. The minimum Gasteiger partial charge on any atom is -0.348 e. The second-order valence-electron chi connectivity index (χ2n) is 4.73. The highest BCUT2D eigenvalue weighted by Gasteiger charge is 2.14. The average Bonchev–Trinajstić information content (AvgIpc) is 2.54. The van der Waals surface area contributed by atoms with Gasteiger partial charge in [0.05, 0.1) is 12.2 Å². The number of amides is 1. The van der Waals surface area contributed by atoms with Crippen molar-refractivity contribution in [3.63, 3.8) is 0 Å². The standard InChI is InChI=1S/C17H16F2N2O/c1-21-15(8-5-9-16(21)19)11-10-14(18)12-20-17(22)13-6-3-2-4-7-13/h2-9,14,16H,12H2,1H3,(H,20,22). The maximum absolute atomic E-state index is 13.7. The molecule has 5 heteroatoms. The van der Waals surface area contributed by atoms with E-state index in [2.05, 4.69) is 17.2 Å². The molecule has 1 aromatic rings. The molecule has 0 saturated heterocycles. The van der Waals surface area contributed by atoms with E-state index in [-0.39, 0.29) is 12.5 Å². The Hall–Kier alpha value is -2.61. The summed E-state index contributed by atoms with van der Waals surface area (Å²) in [6, 6.07) is 8.54. The van der Waals surface area contributed by atoms with Gasteiger partial charge in [-0.2, -0.15) is 0 Å². The third-order valence-corrected chi connectivity index (χ3v) is 3.11. The first-order valence-electron chi connectivity index (χ1n) is 6.82. The second kappa shape index (κ2) is 7.41. The quantitative estimate of drug-likeness (QED) is 0.687. The second-order valence-corrected chi connectivity index (χ2v) is 4.73. The topological polar surface area (TPSA) is 32.3 Å². The van der Waals surface area contributed by atoms with Crippen LogP contribution in [0.5, 0.6) is 0 Å². The van der Waals surface area contributed by atoms with Crippen LogP contribution in [0.4, 0.5) is 8.78 Å². The molecule has 1 aromatic carbocycles. The highest BCUT2D eigenvalue weighted by molar-refractivity contribution is 5.94. The monoisotopic (exact) mass is 302 g/mol. The van der Waals surface area contributed by atoms with Crippen molar-refractivity contribution < 1.29 is 13.6 Å². The molecular formula is C17H16F2N2O. The van der Waals surface area contributed by atoms with Crippen molar-refractivity contribution in [3.05, 3.63) is 59.8 Å². The van der Waals surface area contributed by atoms with Gasteiger partial charge < -0.3 is 10.2 Å². The van der Waals surface area contributed by atoms with Crippen molar-refractivity contribution in [2.75, 3.05) is 13.6 Å². The molecule has 1 aliphatic heterocycles. The molecule has 1 heterocycles. The fourth-order valence-electron chi connectivity index (χ4n) is 1.82. The number of carbonyl (C=O) groups excluding carboxylic acids is 1. The number of nitrogens with one attached hydrogen (secondary N) is 1. The molecule has 2 rings (SSSR count). The molecule has 0 aliphatic carbocycles. The van der Waals surface area contributed by atoms with Crippen LogP contribution in [-0.2, 0) is 0 Å². The Balaban J connectivity index is 1.88. The molecule has 2 atom stereocenters. The van der Waals surface area contributed by atoms with Crippen LogP contribution in [0.2, 0.25) is 0 Å². The minimum atomic E-state index is -1.52. The number of benzene rings is 1. The van der Waals surface area contributed by atoms with Gasteiger partial charge in [-0.3, -0.25) is 4.79 Å². The van der Waals surface area contributed by atoms with Gasteiger partial charge >= 0.3 is 0 Å². The van der Waals surface area contributed by atoms with Gasteiger partial charge in [0, 0.05) is 12.6 Å². The van der Waals surface area contributed by atoms with E-state index in [0.29, 0.717) is 11.3 Å². The fraction of sp³-hybridized carbons (Fsp3) is 0.235. The molecule has 1 aliphatic rings. The maximum Gasteiger partial charge on any atom is 0.251 e. The molecule has 114 valence electrons. The average molecular weight is 302 g/mol. The molecular weight excluding hydrogens is 286 g/mol. The van der Waals surface area contributed by atoms with Gasteiger partial charge in [0.15, 0.2) is 12.5 Å². The Morgan fingerprint density at radius 2 is 2.14 bits per heavy atom. The summed E-state index contributed by atoms with van der Waals surface area (Å²) >= 11 is 0. The molecule has 0 bridgehead atoms. The van der Waals surface area contributed by atoms with E-state index >= 15 is 0 Å². The Bertz CT molecular complexity index is 644. The largest absolute Gasteiger partial charge is 0.348 e. The third kappa shape index (κ3) is 4.19. The summed E-state index contributed by atoms with van der Waals surface area (Å²) in [5.74, 6) is 4.60. The predicted octanol–water partition coefficient (Wildman–Crippen LogP) is 2.44. The summed E-state index contributed by atoms with van der Waals surface area (Å²) in [5, 5.41) is 2.47. The van der Waals surface area contributed by atoms with E-state index in [0.717, 1.165) is 0 Å². The van der Waals surface area contributed by atoms with Crippen molar-refractivity contribution in [1.29, 1.82) is 0 Å². The lowest BCUT2D eigenvalue weighted by atomic mass is 10.2. The van der Waals surface area contributed by atoms with Gasteiger partial charge in [-0.15, -0.1) is 0 Å². The van der Waals surface area contributed by atoms with Gasteiger partial charge in [-0.25, -0.2) is 8.78 Å². The number of alkyl halides is 2. The zero-order chi connectivity index (χ0) is 15.9. The van der Waals surface area contributed by atoms with E-state index in [1.165, 1.54) is 11.0 Å².